The lowest BCUT2D eigenvalue weighted by atomic mass is 9.87. The Kier molecular flexibility index (Phi) is 8.16. The number of hydrogen-bond acceptors (Lipinski definition) is 5. The minimum atomic E-state index is -0.925. The van der Waals surface area contributed by atoms with E-state index < -0.39 is 24.0 Å². The molecule has 1 amide bonds. The van der Waals surface area contributed by atoms with Gasteiger partial charge in [-0.15, -0.1) is 5.10 Å². The first-order valence-electron chi connectivity index (χ1n) is 11.2. The highest BCUT2D eigenvalue weighted by Crippen LogP contribution is 2.31. The fourth-order valence-electron chi connectivity index (χ4n) is 4.05. The maximum atomic E-state index is 12.0. The van der Waals surface area contributed by atoms with E-state index in [2.05, 4.69) is 27.8 Å². The van der Waals surface area contributed by atoms with Crippen LogP contribution in [0.1, 0.15) is 51.3 Å². The molecule has 1 aromatic carbocycles. The molecule has 0 aliphatic heterocycles. The first-order chi connectivity index (χ1) is 15.4. The summed E-state index contributed by atoms with van der Waals surface area (Å²) in [5.74, 6) is -1.87. The molecule has 1 aromatic heterocycles. The number of hydrogen-bond donors (Lipinski definition) is 2. The van der Waals surface area contributed by atoms with E-state index in [-0.39, 0.29) is 18.4 Å². The fraction of sp³-hybridized carbons (Fsp3) is 0.500. The van der Waals surface area contributed by atoms with E-state index in [1.807, 2.05) is 38.2 Å². The van der Waals surface area contributed by atoms with E-state index in [0.29, 0.717) is 12.1 Å². The number of aliphatic carboxylic acids is 1. The molecule has 0 spiro atoms. The number of carboxylic acids is 1. The second-order valence-corrected chi connectivity index (χ2v) is 8.20. The summed E-state index contributed by atoms with van der Waals surface area (Å²) in [6, 6.07) is 9.62. The third-order valence-corrected chi connectivity index (χ3v) is 5.82. The quantitative estimate of drug-likeness (QED) is 0.588. The van der Waals surface area contributed by atoms with Crippen molar-refractivity contribution in [3.63, 3.8) is 0 Å². The smallest absolute Gasteiger partial charge is 0.310 e. The average molecular weight is 441 g/mol. The summed E-state index contributed by atoms with van der Waals surface area (Å²) >= 11 is 0. The summed E-state index contributed by atoms with van der Waals surface area (Å²) in [6.45, 7) is 5.51. The second-order valence-electron chi connectivity index (χ2n) is 8.20. The van der Waals surface area contributed by atoms with Crippen molar-refractivity contribution in [3.05, 3.63) is 53.9 Å². The van der Waals surface area contributed by atoms with Gasteiger partial charge in [0, 0.05) is 6.92 Å². The van der Waals surface area contributed by atoms with Crippen molar-refractivity contribution < 1.29 is 19.4 Å². The molecule has 1 aliphatic carbocycles. The number of carbonyl (C=O) groups excluding carboxylic acids is 1. The number of carbonyl (C=O) groups is 2. The van der Waals surface area contributed by atoms with Crippen LogP contribution in [0.2, 0.25) is 0 Å². The lowest BCUT2D eigenvalue weighted by Gasteiger charge is -2.36. The third-order valence-electron chi connectivity index (χ3n) is 5.82. The molecule has 2 aromatic rings. The number of ether oxygens (including phenoxy) is 1. The fourth-order valence-corrected chi connectivity index (χ4v) is 4.05. The number of amides is 1. The van der Waals surface area contributed by atoms with Gasteiger partial charge in [-0.1, -0.05) is 49.4 Å². The topological polar surface area (TPSA) is 106 Å². The summed E-state index contributed by atoms with van der Waals surface area (Å²) < 4.78 is 7.85. The molecule has 0 saturated carbocycles. The number of carboxylic acid groups (broad SMARTS) is 1. The Morgan fingerprint density at radius 2 is 1.94 bits per heavy atom. The van der Waals surface area contributed by atoms with Gasteiger partial charge in [-0.2, -0.15) is 0 Å². The van der Waals surface area contributed by atoms with Gasteiger partial charge in [-0.25, -0.2) is 4.68 Å². The second kappa shape index (κ2) is 11.0. The molecule has 32 heavy (non-hydrogen) atoms. The van der Waals surface area contributed by atoms with Crippen molar-refractivity contribution in [3.8, 4) is 0 Å². The molecule has 1 unspecified atom stereocenters. The highest BCUT2D eigenvalue weighted by molar-refractivity contribution is 5.79. The summed E-state index contributed by atoms with van der Waals surface area (Å²) in [6.07, 6.45) is 6.42. The van der Waals surface area contributed by atoms with Gasteiger partial charge in [0.15, 0.2) is 0 Å². The first-order valence-corrected chi connectivity index (χ1v) is 11.2. The standard InChI is InChI=1S/C24H32N4O4/c1-4-20(5-2)32-22-14-18(24(30)31)13-21(23(22)25-16(3)29)28-15-19(26-27-28)12-11-17-9-7-6-8-10-17/h6-10,13,15,18,20,22-23H,4-5,11-12,14H2,1-3H3,(H,25,29)(H,30,31)/t18?,22-,23-/m1/s1. The largest absolute Gasteiger partial charge is 0.481 e. The van der Waals surface area contributed by atoms with Crippen LogP contribution in [0.15, 0.2) is 42.6 Å². The van der Waals surface area contributed by atoms with Gasteiger partial charge in [0.2, 0.25) is 5.91 Å². The van der Waals surface area contributed by atoms with Gasteiger partial charge in [0.25, 0.3) is 0 Å². The molecular weight excluding hydrogens is 408 g/mol. The van der Waals surface area contributed by atoms with Crippen molar-refractivity contribution in [2.24, 2.45) is 5.92 Å². The summed E-state index contributed by atoms with van der Waals surface area (Å²) in [5.41, 5.74) is 2.58. The predicted molar refractivity (Wildman–Crippen MR) is 121 cm³/mol. The van der Waals surface area contributed by atoms with Crippen LogP contribution in [0.3, 0.4) is 0 Å². The van der Waals surface area contributed by atoms with Crippen molar-refractivity contribution in [2.45, 2.75) is 71.1 Å². The van der Waals surface area contributed by atoms with E-state index in [0.717, 1.165) is 25.0 Å². The molecule has 0 saturated heterocycles. The van der Waals surface area contributed by atoms with Crippen LogP contribution in [0.4, 0.5) is 0 Å². The van der Waals surface area contributed by atoms with Crippen LogP contribution in [-0.2, 0) is 27.2 Å². The van der Waals surface area contributed by atoms with E-state index in [1.54, 1.807) is 10.8 Å². The minimum Gasteiger partial charge on any atom is -0.481 e. The molecule has 0 radical (unpaired) electrons. The van der Waals surface area contributed by atoms with Gasteiger partial charge in [-0.05, 0) is 43.7 Å². The van der Waals surface area contributed by atoms with Crippen LogP contribution in [0, 0.1) is 5.92 Å². The SMILES string of the molecule is CCC(CC)O[C@@H]1CC(C(=O)O)C=C(n2cc(CCc3ccccc3)nn2)[C@H]1NC(C)=O. The van der Waals surface area contributed by atoms with Crippen LogP contribution < -0.4 is 5.32 Å². The Bertz CT molecular complexity index is 936. The maximum Gasteiger partial charge on any atom is 0.310 e. The highest BCUT2D eigenvalue weighted by atomic mass is 16.5. The summed E-state index contributed by atoms with van der Waals surface area (Å²) in [4.78, 5) is 23.8. The zero-order valence-corrected chi connectivity index (χ0v) is 18.9. The van der Waals surface area contributed by atoms with Crippen molar-refractivity contribution in [1.82, 2.24) is 20.3 Å². The van der Waals surface area contributed by atoms with Crippen LogP contribution in [0.25, 0.3) is 5.70 Å². The lowest BCUT2D eigenvalue weighted by molar-refractivity contribution is -0.142. The average Bonchev–Trinajstić information content (AvgIpc) is 3.26. The summed E-state index contributed by atoms with van der Waals surface area (Å²) in [5, 5.41) is 21.2. The van der Waals surface area contributed by atoms with Gasteiger partial charge >= 0.3 is 5.97 Å². The van der Waals surface area contributed by atoms with Gasteiger partial charge in [-0.3, -0.25) is 9.59 Å². The van der Waals surface area contributed by atoms with Crippen LogP contribution in [-0.4, -0.2) is 50.2 Å². The number of aryl methyl sites for hydroxylation is 2. The molecular formula is C24H32N4O4. The normalized spacial score (nSPS) is 20.8. The Labute approximate surface area is 188 Å². The van der Waals surface area contributed by atoms with E-state index >= 15 is 0 Å². The van der Waals surface area contributed by atoms with E-state index in [1.165, 1.54) is 12.5 Å². The van der Waals surface area contributed by atoms with E-state index in [4.69, 9.17) is 4.74 Å². The zero-order valence-electron chi connectivity index (χ0n) is 18.9. The molecule has 3 rings (SSSR count). The molecule has 2 N–H and O–H groups in total. The molecule has 0 fully saturated rings. The number of nitrogens with one attached hydrogen (secondary N) is 1. The predicted octanol–water partition coefficient (Wildman–Crippen LogP) is 3.09. The van der Waals surface area contributed by atoms with Crippen LogP contribution >= 0.6 is 0 Å². The molecule has 3 atom stereocenters. The van der Waals surface area contributed by atoms with Gasteiger partial charge < -0.3 is 15.2 Å². The molecule has 1 heterocycles. The Morgan fingerprint density at radius 1 is 1.22 bits per heavy atom. The zero-order chi connectivity index (χ0) is 23.1. The highest BCUT2D eigenvalue weighted by Gasteiger charge is 2.38. The van der Waals surface area contributed by atoms with Gasteiger partial charge in [0.1, 0.15) is 0 Å². The van der Waals surface area contributed by atoms with Crippen LogP contribution in [0.5, 0.6) is 0 Å². The van der Waals surface area contributed by atoms with Crippen molar-refractivity contribution in [2.75, 3.05) is 0 Å². The number of nitrogens with zero attached hydrogens (tertiary/aromatic N) is 3. The number of aromatic nitrogens is 3. The molecule has 8 nitrogen and oxygen atoms in total. The monoisotopic (exact) mass is 440 g/mol. The molecule has 8 heteroatoms. The first kappa shape index (κ1) is 23.7. The lowest BCUT2D eigenvalue weighted by Crippen LogP contribution is -2.50. The Balaban J connectivity index is 1.87. The third kappa shape index (κ3) is 6.03. The Morgan fingerprint density at radius 3 is 2.56 bits per heavy atom. The van der Waals surface area contributed by atoms with Crippen molar-refractivity contribution in [1.29, 1.82) is 0 Å². The summed E-state index contributed by atoms with van der Waals surface area (Å²) in [7, 11) is 0. The van der Waals surface area contributed by atoms with Gasteiger partial charge in [0.05, 0.1) is 41.8 Å². The number of benzene rings is 1. The van der Waals surface area contributed by atoms with E-state index in [9.17, 15) is 14.7 Å². The Hall–Kier alpha value is -3.00. The molecule has 172 valence electrons. The minimum absolute atomic E-state index is 0.0118. The maximum absolute atomic E-state index is 12.0. The van der Waals surface area contributed by atoms with Crippen molar-refractivity contribution >= 4 is 17.6 Å². The molecule has 0 bridgehead atoms. The molecule has 1 aliphatic rings. The number of rotatable bonds is 10.